The van der Waals surface area contributed by atoms with Crippen LogP contribution in [-0.2, 0) is 4.79 Å². The molecule has 0 saturated carbocycles. The highest BCUT2D eigenvalue weighted by atomic mass is 35.5. The maximum absolute atomic E-state index is 12.2. The van der Waals surface area contributed by atoms with Crippen molar-refractivity contribution in [2.75, 3.05) is 26.2 Å². The highest BCUT2D eigenvalue weighted by Gasteiger charge is 2.26. The molecule has 0 aliphatic carbocycles. The molecule has 1 amide bonds. The second kappa shape index (κ2) is 8.60. The summed E-state index contributed by atoms with van der Waals surface area (Å²) >= 11 is 6.00. The number of benzene rings is 1. The van der Waals surface area contributed by atoms with E-state index in [4.69, 9.17) is 20.8 Å². The third-order valence-electron chi connectivity index (χ3n) is 4.66. The Morgan fingerprint density at radius 1 is 1.27 bits per heavy atom. The van der Waals surface area contributed by atoms with Gasteiger partial charge in [0.05, 0.1) is 6.04 Å². The van der Waals surface area contributed by atoms with E-state index in [9.17, 15) is 4.79 Å². The molecule has 2 heterocycles. The van der Waals surface area contributed by atoms with Gasteiger partial charge < -0.3 is 14.5 Å². The summed E-state index contributed by atoms with van der Waals surface area (Å²) < 4.78 is 11.4. The minimum absolute atomic E-state index is 0.0228. The number of hydrogen-bond acceptors (Lipinski definition) is 4. The zero-order chi connectivity index (χ0) is 18.5. The summed E-state index contributed by atoms with van der Waals surface area (Å²) in [6, 6.07) is 9.39. The molecule has 1 aliphatic rings. The maximum Gasteiger partial charge on any atom is 0.258 e. The molecule has 0 spiro atoms. The van der Waals surface area contributed by atoms with E-state index in [1.54, 1.807) is 12.1 Å². The number of amides is 1. The van der Waals surface area contributed by atoms with Crippen LogP contribution in [0.15, 0.2) is 34.7 Å². The molecule has 1 saturated heterocycles. The number of halogens is 1. The molecule has 1 N–H and O–H groups in total. The van der Waals surface area contributed by atoms with Gasteiger partial charge in [0.15, 0.2) is 6.61 Å². The normalized spacial score (nSPS) is 15.8. The third kappa shape index (κ3) is 4.80. The summed E-state index contributed by atoms with van der Waals surface area (Å²) in [5, 5.41) is 3.66. The molecule has 140 valence electrons. The predicted octanol–water partition coefficient (Wildman–Crippen LogP) is 3.88. The SMILES string of the molecule is Cc1ccc([C@H](CNC(=O)COc2ccc(Cl)c(C)c2)N2CCCC2)o1. The zero-order valence-electron chi connectivity index (χ0n) is 15.3. The number of nitrogens with one attached hydrogen (secondary N) is 1. The van der Waals surface area contributed by atoms with Crippen LogP contribution < -0.4 is 10.1 Å². The van der Waals surface area contributed by atoms with Crippen molar-refractivity contribution < 1.29 is 13.9 Å². The molecule has 0 radical (unpaired) electrons. The molecule has 5 nitrogen and oxygen atoms in total. The maximum atomic E-state index is 12.2. The number of rotatable bonds is 7. The van der Waals surface area contributed by atoms with Crippen molar-refractivity contribution in [3.05, 3.63) is 52.4 Å². The molecule has 1 aromatic heterocycles. The number of ether oxygens (including phenoxy) is 1. The first kappa shape index (κ1) is 18.8. The molecule has 1 atom stereocenters. The van der Waals surface area contributed by atoms with Gasteiger partial charge in [0, 0.05) is 11.6 Å². The Balaban J connectivity index is 1.54. The minimum Gasteiger partial charge on any atom is -0.484 e. The fourth-order valence-electron chi connectivity index (χ4n) is 3.21. The number of carbonyl (C=O) groups excluding carboxylic acids is 1. The van der Waals surface area contributed by atoms with E-state index in [-0.39, 0.29) is 18.6 Å². The van der Waals surface area contributed by atoms with Crippen LogP contribution in [0, 0.1) is 13.8 Å². The largest absolute Gasteiger partial charge is 0.484 e. The van der Waals surface area contributed by atoms with Crippen molar-refractivity contribution in [2.24, 2.45) is 0 Å². The lowest BCUT2D eigenvalue weighted by molar-refractivity contribution is -0.123. The van der Waals surface area contributed by atoms with E-state index in [0.29, 0.717) is 17.3 Å². The lowest BCUT2D eigenvalue weighted by atomic mass is 10.2. The van der Waals surface area contributed by atoms with E-state index in [0.717, 1.165) is 30.2 Å². The van der Waals surface area contributed by atoms with Crippen molar-refractivity contribution in [3.8, 4) is 5.75 Å². The Morgan fingerprint density at radius 3 is 2.69 bits per heavy atom. The minimum atomic E-state index is -0.148. The standard InChI is InChI=1S/C20H25ClN2O3/c1-14-11-16(6-7-17(14)21)25-13-20(24)22-12-18(23-9-3-4-10-23)19-8-5-15(2)26-19/h5-8,11,18H,3-4,9-10,12-13H2,1-2H3,(H,22,24)/t18-/m0/s1. The fourth-order valence-corrected chi connectivity index (χ4v) is 3.33. The summed E-state index contributed by atoms with van der Waals surface area (Å²) in [6.45, 7) is 6.38. The zero-order valence-corrected chi connectivity index (χ0v) is 16.0. The van der Waals surface area contributed by atoms with Crippen LogP contribution in [0.1, 0.15) is 36.0 Å². The monoisotopic (exact) mass is 376 g/mol. The average Bonchev–Trinajstić information content (AvgIpc) is 3.29. The summed E-state index contributed by atoms with van der Waals surface area (Å²) in [5.41, 5.74) is 0.923. The van der Waals surface area contributed by atoms with E-state index in [1.165, 1.54) is 12.8 Å². The average molecular weight is 377 g/mol. The van der Waals surface area contributed by atoms with Crippen LogP contribution in [0.25, 0.3) is 0 Å². The van der Waals surface area contributed by atoms with Crippen LogP contribution in [0.3, 0.4) is 0 Å². The lowest BCUT2D eigenvalue weighted by Gasteiger charge is -2.26. The molecule has 3 rings (SSSR count). The van der Waals surface area contributed by atoms with Gasteiger partial charge in [-0.1, -0.05) is 11.6 Å². The molecule has 0 unspecified atom stereocenters. The molecule has 6 heteroatoms. The first-order valence-corrected chi connectivity index (χ1v) is 9.37. The van der Waals surface area contributed by atoms with Crippen LogP contribution in [0.5, 0.6) is 5.75 Å². The van der Waals surface area contributed by atoms with Crippen LogP contribution in [-0.4, -0.2) is 37.0 Å². The lowest BCUT2D eigenvalue weighted by Crippen LogP contribution is -2.38. The van der Waals surface area contributed by atoms with E-state index in [1.807, 2.05) is 32.0 Å². The number of nitrogens with zero attached hydrogens (tertiary/aromatic N) is 1. The highest BCUT2D eigenvalue weighted by Crippen LogP contribution is 2.26. The summed E-state index contributed by atoms with van der Waals surface area (Å²) in [4.78, 5) is 14.6. The second-order valence-electron chi connectivity index (χ2n) is 6.71. The molecular formula is C20H25ClN2O3. The molecule has 1 fully saturated rings. The van der Waals surface area contributed by atoms with Crippen molar-refractivity contribution >= 4 is 17.5 Å². The van der Waals surface area contributed by atoms with E-state index in [2.05, 4.69) is 10.2 Å². The fraction of sp³-hybridized carbons (Fsp3) is 0.450. The Hall–Kier alpha value is -1.98. The van der Waals surface area contributed by atoms with E-state index >= 15 is 0 Å². The van der Waals surface area contributed by atoms with Gasteiger partial charge in [-0.3, -0.25) is 9.69 Å². The summed E-state index contributed by atoms with van der Waals surface area (Å²) in [5.74, 6) is 2.28. The highest BCUT2D eigenvalue weighted by molar-refractivity contribution is 6.31. The second-order valence-corrected chi connectivity index (χ2v) is 7.12. The van der Waals surface area contributed by atoms with Gasteiger partial charge in [0.1, 0.15) is 17.3 Å². The van der Waals surface area contributed by atoms with Gasteiger partial charge in [-0.05, 0) is 75.7 Å². The van der Waals surface area contributed by atoms with Crippen LogP contribution in [0.2, 0.25) is 5.02 Å². The molecular weight excluding hydrogens is 352 g/mol. The van der Waals surface area contributed by atoms with Crippen molar-refractivity contribution in [1.29, 1.82) is 0 Å². The number of hydrogen-bond donors (Lipinski definition) is 1. The number of furan rings is 1. The van der Waals surface area contributed by atoms with Crippen LogP contribution >= 0.6 is 11.6 Å². The number of aryl methyl sites for hydroxylation is 2. The number of carbonyl (C=O) groups is 1. The summed E-state index contributed by atoms with van der Waals surface area (Å²) in [7, 11) is 0. The Bertz CT molecular complexity index is 753. The topological polar surface area (TPSA) is 54.7 Å². The van der Waals surface area contributed by atoms with Crippen molar-refractivity contribution in [3.63, 3.8) is 0 Å². The van der Waals surface area contributed by atoms with Crippen molar-refractivity contribution in [1.82, 2.24) is 10.2 Å². The van der Waals surface area contributed by atoms with Gasteiger partial charge in [0.25, 0.3) is 5.91 Å². The Kier molecular flexibility index (Phi) is 6.22. The third-order valence-corrected chi connectivity index (χ3v) is 5.09. The molecule has 26 heavy (non-hydrogen) atoms. The molecule has 1 aliphatic heterocycles. The van der Waals surface area contributed by atoms with Crippen molar-refractivity contribution in [2.45, 2.75) is 32.7 Å². The molecule has 0 bridgehead atoms. The smallest absolute Gasteiger partial charge is 0.258 e. The van der Waals surface area contributed by atoms with Crippen LogP contribution in [0.4, 0.5) is 0 Å². The van der Waals surface area contributed by atoms with Gasteiger partial charge in [0.2, 0.25) is 0 Å². The quantitative estimate of drug-likeness (QED) is 0.796. The number of likely N-dealkylation sites (tertiary alicyclic amines) is 1. The summed E-state index contributed by atoms with van der Waals surface area (Å²) in [6.07, 6.45) is 2.37. The van der Waals surface area contributed by atoms with Gasteiger partial charge in [-0.15, -0.1) is 0 Å². The van der Waals surface area contributed by atoms with Gasteiger partial charge in [-0.2, -0.15) is 0 Å². The van der Waals surface area contributed by atoms with E-state index < -0.39 is 0 Å². The predicted molar refractivity (Wildman–Crippen MR) is 102 cm³/mol. The first-order chi connectivity index (χ1) is 12.5. The molecule has 2 aromatic rings. The van der Waals surface area contributed by atoms with Gasteiger partial charge >= 0.3 is 0 Å². The molecule has 1 aromatic carbocycles. The van der Waals surface area contributed by atoms with Gasteiger partial charge in [-0.25, -0.2) is 0 Å². The Morgan fingerprint density at radius 2 is 2.04 bits per heavy atom. The Labute approximate surface area is 159 Å². The first-order valence-electron chi connectivity index (χ1n) is 8.99.